The summed E-state index contributed by atoms with van der Waals surface area (Å²) in [5.41, 5.74) is 6.00. The van der Waals surface area contributed by atoms with Crippen LogP contribution in [0.15, 0.2) is 195 Å². The SMILES string of the molecule is C=CCO[C@H]1OC[C@@H](OCc2ccccc2)[C@H](OC2O[C@H](COCc3ccccc3)[C@@H](OCc3ccccc3)[C@H](OCc3ccccc3)[C@H]2OCc2ccccc2)[C@H]1OCc1ccccc1. The molecule has 0 aromatic heterocycles. The molecule has 1 unspecified atom stereocenters. The van der Waals surface area contributed by atoms with E-state index < -0.39 is 55.3 Å². The van der Waals surface area contributed by atoms with Crippen molar-refractivity contribution in [2.24, 2.45) is 0 Å². The molecule has 2 aliphatic heterocycles. The van der Waals surface area contributed by atoms with E-state index in [1.54, 1.807) is 6.08 Å². The Kier molecular flexibility index (Phi) is 18.2. The second-order valence-electron chi connectivity index (χ2n) is 16.3. The van der Waals surface area contributed by atoms with E-state index in [4.69, 9.17) is 47.4 Å². The molecule has 0 bridgehead atoms. The van der Waals surface area contributed by atoms with Crippen LogP contribution in [0.25, 0.3) is 0 Å². The van der Waals surface area contributed by atoms with Crippen molar-refractivity contribution < 1.29 is 47.4 Å². The van der Waals surface area contributed by atoms with Gasteiger partial charge in [-0.05, 0) is 33.4 Å². The van der Waals surface area contributed by atoms with Crippen molar-refractivity contribution in [2.75, 3.05) is 19.8 Å². The molecular weight excluding hydrogens is 833 g/mol. The summed E-state index contributed by atoms with van der Waals surface area (Å²) in [7, 11) is 0. The molecule has 0 spiro atoms. The normalized spacial score (nSPS) is 24.2. The van der Waals surface area contributed by atoms with Crippen molar-refractivity contribution in [3.63, 3.8) is 0 Å². The first-order chi connectivity index (χ1) is 32.7. The number of ether oxygens (including phenoxy) is 10. The van der Waals surface area contributed by atoms with Crippen LogP contribution in [0.5, 0.6) is 0 Å². The lowest BCUT2D eigenvalue weighted by molar-refractivity contribution is -0.368. The minimum atomic E-state index is -1.04. The summed E-state index contributed by atoms with van der Waals surface area (Å²) in [5, 5.41) is 0. The molecular formula is C56H60O10. The van der Waals surface area contributed by atoms with Crippen molar-refractivity contribution >= 4 is 0 Å². The predicted octanol–water partition coefficient (Wildman–Crippen LogP) is 9.80. The maximum Gasteiger partial charge on any atom is 0.187 e. The average Bonchev–Trinajstić information content (AvgIpc) is 3.38. The molecule has 6 aromatic rings. The molecule has 2 aliphatic rings. The Hall–Kier alpha value is -5.34. The van der Waals surface area contributed by atoms with Gasteiger partial charge in [-0.2, -0.15) is 0 Å². The van der Waals surface area contributed by atoms with E-state index >= 15 is 0 Å². The summed E-state index contributed by atoms with van der Waals surface area (Å²) in [6.45, 7) is 6.25. The van der Waals surface area contributed by atoms with Crippen molar-refractivity contribution in [3.05, 3.63) is 228 Å². The summed E-state index contributed by atoms with van der Waals surface area (Å²) in [6.07, 6.45) is -5.19. The Balaban J connectivity index is 1.17. The minimum absolute atomic E-state index is 0.160. The number of hydrogen-bond donors (Lipinski definition) is 0. The molecule has 10 heteroatoms. The summed E-state index contributed by atoms with van der Waals surface area (Å²) in [5.74, 6) is 0. The zero-order chi connectivity index (χ0) is 45.0. The zero-order valence-corrected chi connectivity index (χ0v) is 37.2. The van der Waals surface area contributed by atoms with E-state index in [0.717, 1.165) is 33.4 Å². The first-order valence-electron chi connectivity index (χ1n) is 22.7. The third-order valence-electron chi connectivity index (χ3n) is 11.5. The van der Waals surface area contributed by atoms with Gasteiger partial charge in [-0.15, -0.1) is 6.58 Å². The largest absolute Gasteiger partial charge is 0.374 e. The summed E-state index contributed by atoms with van der Waals surface area (Å²) < 4.78 is 68.2. The quantitative estimate of drug-likeness (QED) is 0.0547. The minimum Gasteiger partial charge on any atom is -0.374 e. The van der Waals surface area contributed by atoms with E-state index in [-0.39, 0.29) is 39.6 Å². The number of rotatable bonds is 24. The van der Waals surface area contributed by atoms with Gasteiger partial charge in [0.1, 0.15) is 42.7 Å². The van der Waals surface area contributed by atoms with Crippen LogP contribution in [0, 0.1) is 0 Å². The topological polar surface area (TPSA) is 92.3 Å². The third-order valence-corrected chi connectivity index (χ3v) is 11.5. The van der Waals surface area contributed by atoms with Crippen molar-refractivity contribution in [3.8, 4) is 0 Å². The lowest BCUT2D eigenvalue weighted by atomic mass is 9.97. The van der Waals surface area contributed by atoms with Gasteiger partial charge in [0.05, 0.1) is 59.5 Å². The van der Waals surface area contributed by atoms with E-state index in [1.165, 1.54) is 0 Å². The Morgan fingerprint density at radius 3 is 1.23 bits per heavy atom. The highest BCUT2D eigenvalue weighted by Crippen LogP contribution is 2.35. The van der Waals surface area contributed by atoms with E-state index in [9.17, 15) is 0 Å². The molecule has 2 fully saturated rings. The lowest BCUT2D eigenvalue weighted by Gasteiger charge is -2.49. The Morgan fingerprint density at radius 1 is 0.409 bits per heavy atom. The van der Waals surface area contributed by atoms with Crippen LogP contribution in [0.2, 0.25) is 0 Å². The molecule has 0 amide bonds. The highest BCUT2D eigenvalue weighted by atomic mass is 16.8. The molecule has 8 rings (SSSR count). The second kappa shape index (κ2) is 25.5. The van der Waals surface area contributed by atoms with Gasteiger partial charge in [0.25, 0.3) is 0 Å². The van der Waals surface area contributed by atoms with Crippen LogP contribution < -0.4 is 0 Å². The molecule has 9 atom stereocenters. The fraction of sp³-hybridized carbons (Fsp3) is 0.321. The first-order valence-corrected chi connectivity index (χ1v) is 22.7. The molecule has 0 saturated carbocycles. The van der Waals surface area contributed by atoms with Gasteiger partial charge in [0.15, 0.2) is 12.6 Å². The molecule has 0 N–H and O–H groups in total. The van der Waals surface area contributed by atoms with Gasteiger partial charge in [-0.3, -0.25) is 0 Å². The third kappa shape index (κ3) is 13.9. The molecule has 2 saturated heterocycles. The summed E-state index contributed by atoms with van der Waals surface area (Å²) >= 11 is 0. The smallest absolute Gasteiger partial charge is 0.187 e. The Morgan fingerprint density at radius 2 is 0.788 bits per heavy atom. The molecule has 0 aliphatic carbocycles. The Labute approximate surface area is 388 Å². The lowest BCUT2D eigenvalue weighted by Crippen LogP contribution is -2.65. The fourth-order valence-electron chi connectivity index (χ4n) is 8.09. The monoisotopic (exact) mass is 892 g/mol. The van der Waals surface area contributed by atoms with Crippen LogP contribution in [-0.4, -0.2) is 75.1 Å². The molecule has 6 aromatic carbocycles. The Bertz CT molecular complexity index is 2240. The van der Waals surface area contributed by atoms with Crippen molar-refractivity contribution in [1.82, 2.24) is 0 Å². The standard InChI is InChI=1S/C56H60O10/c1-2-33-58-55-53(62-38-46-29-17-7-18-30-46)51(48(41-64-55)59-35-43-23-11-4-12-24-43)66-56-54(63-39-47-31-19-8-20-32-47)52(61-37-45-27-15-6-16-28-45)50(60-36-44-25-13-5-14-26-44)49(65-56)40-57-34-42-21-9-3-10-22-42/h2-32,48-56H,1,33-41H2/t48-,49-,50-,51+,52+,53-,54-,55+,56?/m1/s1. The van der Waals surface area contributed by atoms with Gasteiger partial charge >= 0.3 is 0 Å². The van der Waals surface area contributed by atoms with E-state index in [1.807, 2.05) is 182 Å². The summed E-state index contributed by atoms with van der Waals surface area (Å²) in [4.78, 5) is 0. The average molecular weight is 893 g/mol. The van der Waals surface area contributed by atoms with Crippen molar-refractivity contribution in [2.45, 2.75) is 94.9 Å². The highest BCUT2D eigenvalue weighted by molar-refractivity contribution is 5.18. The van der Waals surface area contributed by atoms with Crippen molar-refractivity contribution in [1.29, 1.82) is 0 Å². The molecule has 10 nitrogen and oxygen atoms in total. The molecule has 344 valence electrons. The first kappa shape index (κ1) is 47.2. The van der Waals surface area contributed by atoms with Gasteiger partial charge in [0, 0.05) is 0 Å². The number of benzene rings is 6. The van der Waals surface area contributed by atoms with Crippen LogP contribution >= 0.6 is 0 Å². The maximum absolute atomic E-state index is 7.36. The summed E-state index contributed by atoms with van der Waals surface area (Å²) in [6, 6.07) is 60.3. The zero-order valence-electron chi connectivity index (χ0n) is 37.2. The van der Waals surface area contributed by atoms with Crippen LogP contribution in [0.1, 0.15) is 33.4 Å². The van der Waals surface area contributed by atoms with Crippen LogP contribution in [0.4, 0.5) is 0 Å². The predicted molar refractivity (Wildman–Crippen MR) is 251 cm³/mol. The molecule has 0 radical (unpaired) electrons. The fourth-order valence-corrected chi connectivity index (χ4v) is 8.09. The molecule has 66 heavy (non-hydrogen) atoms. The second-order valence-corrected chi connectivity index (χ2v) is 16.3. The van der Waals surface area contributed by atoms with E-state index in [2.05, 4.69) is 6.58 Å². The van der Waals surface area contributed by atoms with Gasteiger partial charge in [0.2, 0.25) is 0 Å². The highest BCUT2D eigenvalue weighted by Gasteiger charge is 2.53. The van der Waals surface area contributed by atoms with Crippen LogP contribution in [0.3, 0.4) is 0 Å². The maximum atomic E-state index is 7.36. The van der Waals surface area contributed by atoms with Crippen LogP contribution in [-0.2, 0) is 87.0 Å². The van der Waals surface area contributed by atoms with Gasteiger partial charge in [-0.25, -0.2) is 0 Å². The molecule has 2 heterocycles. The number of hydrogen-bond acceptors (Lipinski definition) is 10. The van der Waals surface area contributed by atoms with Gasteiger partial charge < -0.3 is 47.4 Å². The van der Waals surface area contributed by atoms with Gasteiger partial charge in [-0.1, -0.05) is 188 Å². The van der Waals surface area contributed by atoms with E-state index in [0.29, 0.717) is 19.8 Å².